The number of aliphatic hydroxyl groups excluding tert-OH is 1. The molecule has 0 fully saturated rings. The molecule has 0 saturated carbocycles. The molecule has 268 valence electrons. The second kappa shape index (κ2) is 23.7. The van der Waals surface area contributed by atoms with Gasteiger partial charge in [0, 0.05) is 24.3 Å². The molecule has 2 aromatic heterocycles. The van der Waals surface area contributed by atoms with Crippen molar-refractivity contribution in [3.8, 4) is 0 Å². The molecule has 2 heterocycles. The summed E-state index contributed by atoms with van der Waals surface area (Å²) in [6.45, 7) is 12.3. The van der Waals surface area contributed by atoms with Gasteiger partial charge < -0.3 is 37.9 Å². The van der Waals surface area contributed by atoms with E-state index in [1.807, 2.05) is 0 Å². The van der Waals surface area contributed by atoms with Gasteiger partial charge >= 0.3 is 40.9 Å². The molecule has 2 rings (SSSR count). The number of ether oxygens (including phenoxy) is 6. The third-order valence-corrected chi connectivity index (χ3v) is 5.64. The minimum absolute atomic E-state index is 0.158. The van der Waals surface area contributed by atoms with Crippen molar-refractivity contribution in [1.29, 1.82) is 0 Å². The summed E-state index contributed by atoms with van der Waals surface area (Å²) < 4.78 is 37.1. The highest BCUT2D eigenvalue weighted by molar-refractivity contribution is 5.82. The summed E-state index contributed by atoms with van der Waals surface area (Å²) in [5.41, 5.74) is -2.87. The van der Waals surface area contributed by atoms with Crippen molar-refractivity contribution in [3.63, 3.8) is 0 Å². The number of carbonyl (C=O) groups excluding carboxylic acids is 4. The molecule has 0 radical (unpaired) electrons. The second-order valence-corrected chi connectivity index (χ2v) is 8.99. The van der Waals surface area contributed by atoms with Crippen LogP contribution in [0.15, 0.2) is 81.6 Å². The van der Waals surface area contributed by atoms with E-state index in [2.05, 4.69) is 26.3 Å². The van der Waals surface area contributed by atoms with Crippen molar-refractivity contribution in [2.75, 3.05) is 46.2 Å². The van der Waals surface area contributed by atoms with Gasteiger partial charge in [0.05, 0.1) is 39.5 Å². The average molecular weight is 694 g/mol. The fourth-order valence-corrected chi connectivity index (χ4v) is 3.39. The third kappa shape index (κ3) is 15.7. The lowest BCUT2D eigenvalue weighted by Crippen LogP contribution is -2.55. The van der Waals surface area contributed by atoms with Crippen LogP contribution in [0.25, 0.3) is 0 Å². The number of hydrogen-bond acceptors (Lipinski definition) is 15. The largest absolute Gasteiger partial charge is 0.461 e. The molecule has 0 saturated heterocycles. The van der Waals surface area contributed by atoms with Crippen LogP contribution in [0.1, 0.15) is 11.5 Å². The maximum Gasteiger partial charge on any atom is 0.336 e. The molecule has 1 N–H and O–H groups in total. The Kier molecular flexibility index (Phi) is 20.0. The maximum absolute atomic E-state index is 12.4. The number of carbonyl (C=O) groups is 4. The van der Waals surface area contributed by atoms with Gasteiger partial charge in [-0.2, -0.15) is 0 Å². The van der Waals surface area contributed by atoms with E-state index in [9.17, 15) is 33.6 Å². The summed E-state index contributed by atoms with van der Waals surface area (Å²) in [6.07, 6.45) is 4.03. The van der Waals surface area contributed by atoms with E-state index in [1.54, 1.807) is 12.1 Å². The lowest BCUT2D eigenvalue weighted by Gasteiger charge is -2.13. The van der Waals surface area contributed by atoms with Gasteiger partial charge in [0.1, 0.15) is 51.2 Å². The predicted octanol–water partition coefficient (Wildman–Crippen LogP) is -0.606. The molecule has 18 heteroatoms. The highest BCUT2D eigenvalue weighted by Crippen LogP contribution is 2.10. The van der Waals surface area contributed by atoms with Crippen LogP contribution in [0.5, 0.6) is 0 Å². The van der Waals surface area contributed by atoms with Crippen molar-refractivity contribution in [2.24, 2.45) is 0 Å². The number of nitrogens with zero attached hydrogens (tertiary/aromatic N) is 3. The van der Waals surface area contributed by atoms with E-state index in [0.29, 0.717) is 25.2 Å². The molecule has 0 aromatic carbocycles. The zero-order valence-corrected chi connectivity index (χ0v) is 26.8. The number of hydrogen-bond donors (Lipinski definition) is 1. The first-order valence-corrected chi connectivity index (χ1v) is 14.5. The minimum atomic E-state index is -0.960. The number of furan rings is 1. The summed E-state index contributed by atoms with van der Waals surface area (Å²) in [5.74, 6) is -1.17. The molecule has 0 bridgehead atoms. The quantitative estimate of drug-likeness (QED) is 0.0703. The van der Waals surface area contributed by atoms with Gasteiger partial charge in [0.2, 0.25) is 0 Å². The summed E-state index contributed by atoms with van der Waals surface area (Å²) in [7, 11) is 0. The molecule has 49 heavy (non-hydrogen) atoms. The fourth-order valence-electron chi connectivity index (χ4n) is 3.39. The van der Waals surface area contributed by atoms with E-state index >= 15 is 0 Å². The lowest BCUT2D eigenvalue weighted by molar-refractivity contribution is -0.140. The highest BCUT2D eigenvalue weighted by atomic mass is 16.6. The Morgan fingerprint density at radius 3 is 1.22 bits per heavy atom. The topological polar surface area (TPSA) is 223 Å². The van der Waals surface area contributed by atoms with Crippen LogP contribution in [0, 0.1) is 0 Å². The Hall–Kier alpha value is -5.59. The molecular formula is C31H39N3O15. The molecule has 0 aliphatic heterocycles. The van der Waals surface area contributed by atoms with Crippen LogP contribution >= 0.6 is 0 Å². The minimum Gasteiger partial charge on any atom is -0.461 e. The Balaban J connectivity index is 0.000000494. The van der Waals surface area contributed by atoms with Gasteiger partial charge in [-0.25, -0.2) is 47.3 Å². The van der Waals surface area contributed by atoms with Gasteiger partial charge in [-0.15, -0.1) is 0 Å². The zero-order valence-electron chi connectivity index (χ0n) is 26.8. The highest BCUT2D eigenvalue weighted by Gasteiger charge is 2.16. The first kappa shape index (κ1) is 41.4. The summed E-state index contributed by atoms with van der Waals surface area (Å²) in [4.78, 5) is 80.6. The van der Waals surface area contributed by atoms with Crippen LogP contribution in [0.2, 0.25) is 0 Å². The van der Waals surface area contributed by atoms with Gasteiger partial charge in [-0.05, 0) is 12.1 Å². The molecule has 0 amide bonds. The van der Waals surface area contributed by atoms with Crippen molar-refractivity contribution < 1.29 is 57.1 Å². The molecule has 0 aliphatic carbocycles. The molecular weight excluding hydrogens is 654 g/mol. The fraction of sp³-hybridized carbons (Fsp3) is 0.387. The van der Waals surface area contributed by atoms with Gasteiger partial charge in [0.25, 0.3) is 0 Å². The number of aromatic nitrogens is 3. The maximum atomic E-state index is 12.4. The monoisotopic (exact) mass is 693 g/mol. The summed E-state index contributed by atoms with van der Waals surface area (Å²) in [5, 5.41) is 9.03. The van der Waals surface area contributed by atoms with E-state index < -0.39 is 47.6 Å². The van der Waals surface area contributed by atoms with E-state index in [-0.39, 0.29) is 72.5 Å². The van der Waals surface area contributed by atoms with Gasteiger partial charge in [0.15, 0.2) is 0 Å². The normalized spacial score (nSPS) is 10.1. The number of rotatable bonds is 22. The van der Waals surface area contributed by atoms with Crippen molar-refractivity contribution in [2.45, 2.75) is 32.8 Å². The molecule has 0 spiro atoms. The van der Waals surface area contributed by atoms with E-state index in [0.717, 1.165) is 24.3 Å². The summed E-state index contributed by atoms with van der Waals surface area (Å²) in [6, 6.07) is 3.54. The first-order chi connectivity index (χ1) is 23.5. The second-order valence-electron chi connectivity index (χ2n) is 8.99. The first-order valence-electron chi connectivity index (χ1n) is 14.5. The van der Waals surface area contributed by atoms with E-state index in [4.69, 9.17) is 37.9 Å². The van der Waals surface area contributed by atoms with Gasteiger partial charge in [-0.1, -0.05) is 26.3 Å². The van der Waals surface area contributed by atoms with Crippen molar-refractivity contribution in [1.82, 2.24) is 13.7 Å². The third-order valence-electron chi connectivity index (χ3n) is 5.64. The standard InChI is InChI=1S/C16H20O7.C15H19N3O8/c1-3-15(17)21-9-7-19-11-13-5-6-14(23-13)12-20-8-10-22-16(18)4-2;1-3-11(20)25-9-6-17-13(22)16(5-8-19)14(23)18(15(17)24)7-10-26-12(21)4-2/h3-6H,1-2,7-12H2;3-4,19H,1-2,5-10H2. The Morgan fingerprint density at radius 2 is 0.898 bits per heavy atom. The van der Waals surface area contributed by atoms with Crippen LogP contribution in [-0.4, -0.2) is 88.9 Å². The van der Waals surface area contributed by atoms with Crippen molar-refractivity contribution in [3.05, 3.63) is 106 Å². The number of esters is 4. The van der Waals surface area contributed by atoms with Crippen molar-refractivity contribution >= 4 is 23.9 Å². The predicted molar refractivity (Wildman–Crippen MR) is 169 cm³/mol. The Morgan fingerprint density at radius 1 is 0.571 bits per heavy atom. The Labute approximate surface area is 279 Å². The zero-order chi connectivity index (χ0) is 36.6. The molecule has 0 unspecified atom stereocenters. The van der Waals surface area contributed by atoms with Crippen LogP contribution in [-0.2, 0) is 80.4 Å². The summed E-state index contributed by atoms with van der Waals surface area (Å²) >= 11 is 0. The SMILES string of the molecule is C=CC(=O)OCCOCc1ccc(COCCOC(=O)C=C)o1.C=CC(=O)OCCn1c(=O)n(CCO)c(=O)n(CCOC(=O)C=C)c1=O. The van der Waals surface area contributed by atoms with Gasteiger partial charge in [-0.3, -0.25) is 0 Å². The van der Waals surface area contributed by atoms with Crippen LogP contribution in [0.3, 0.4) is 0 Å². The Bertz CT molecular complexity index is 1500. The molecule has 2 aromatic rings. The molecule has 18 nitrogen and oxygen atoms in total. The van der Waals surface area contributed by atoms with Crippen LogP contribution in [0.4, 0.5) is 0 Å². The van der Waals surface area contributed by atoms with Crippen LogP contribution < -0.4 is 17.1 Å². The molecule has 0 atom stereocenters. The number of aliphatic hydroxyl groups is 1. The van der Waals surface area contributed by atoms with E-state index in [1.165, 1.54) is 0 Å². The lowest BCUT2D eigenvalue weighted by atomic mass is 10.4. The smallest absolute Gasteiger partial charge is 0.336 e. The molecule has 0 aliphatic rings. The average Bonchev–Trinajstić information content (AvgIpc) is 3.56.